The summed E-state index contributed by atoms with van der Waals surface area (Å²) in [5.41, 5.74) is 6.36. The minimum Gasteiger partial charge on any atom is -0.496 e. The molecule has 138 valence electrons. The minimum atomic E-state index is 0.791. The molecule has 3 nitrogen and oxygen atoms in total. The van der Waals surface area contributed by atoms with Crippen molar-refractivity contribution >= 4 is 21.8 Å². The molecule has 4 rings (SSSR count). The third-order valence-corrected chi connectivity index (χ3v) is 5.23. The molecule has 0 radical (unpaired) electrons. The smallest absolute Gasteiger partial charge is 0.123 e. The fourth-order valence-corrected chi connectivity index (χ4v) is 3.94. The Kier molecular flexibility index (Phi) is 4.87. The fourth-order valence-electron chi connectivity index (χ4n) is 3.94. The summed E-state index contributed by atoms with van der Waals surface area (Å²) < 4.78 is 7.87. The van der Waals surface area contributed by atoms with Crippen LogP contribution in [0.3, 0.4) is 0 Å². The number of nitrogens with zero attached hydrogens (tertiary/aromatic N) is 1. The van der Waals surface area contributed by atoms with E-state index in [0.717, 1.165) is 25.4 Å². The van der Waals surface area contributed by atoms with E-state index in [1.165, 1.54) is 38.5 Å². The zero-order valence-corrected chi connectivity index (χ0v) is 16.3. The molecular weight excluding hydrogens is 332 g/mol. The molecule has 0 aliphatic rings. The Morgan fingerprint density at radius 3 is 2.52 bits per heavy atom. The third-order valence-electron chi connectivity index (χ3n) is 5.23. The largest absolute Gasteiger partial charge is 0.496 e. The number of benzene rings is 3. The van der Waals surface area contributed by atoms with Crippen molar-refractivity contribution in [3.8, 4) is 5.75 Å². The van der Waals surface area contributed by atoms with Crippen molar-refractivity contribution in [3.05, 3.63) is 77.4 Å². The van der Waals surface area contributed by atoms with E-state index < -0.39 is 0 Å². The van der Waals surface area contributed by atoms with Crippen LogP contribution in [0.1, 0.15) is 23.6 Å². The molecule has 0 fully saturated rings. The van der Waals surface area contributed by atoms with Gasteiger partial charge in [0.25, 0.3) is 0 Å². The van der Waals surface area contributed by atoms with Gasteiger partial charge in [0, 0.05) is 47.0 Å². The Bertz CT molecular complexity index is 1090. The molecule has 0 unspecified atom stereocenters. The number of fused-ring (bicyclic) bond motifs is 3. The normalized spacial score (nSPS) is 11.4. The van der Waals surface area contributed by atoms with Crippen LogP contribution in [-0.4, -0.2) is 11.7 Å². The summed E-state index contributed by atoms with van der Waals surface area (Å²) in [6.07, 6.45) is 0. The van der Waals surface area contributed by atoms with Crippen molar-refractivity contribution in [2.24, 2.45) is 0 Å². The van der Waals surface area contributed by atoms with Crippen LogP contribution in [0.4, 0.5) is 0 Å². The van der Waals surface area contributed by atoms with Crippen LogP contribution in [0, 0.1) is 6.92 Å². The molecule has 27 heavy (non-hydrogen) atoms. The number of nitrogens with one attached hydrogen (secondary N) is 1. The molecule has 0 aliphatic heterocycles. The monoisotopic (exact) mass is 358 g/mol. The number of ether oxygens (including phenoxy) is 1. The topological polar surface area (TPSA) is 26.2 Å². The molecule has 4 aromatic rings. The van der Waals surface area contributed by atoms with Crippen LogP contribution >= 0.6 is 0 Å². The Labute approximate surface area is 160 Å². The van der Waals surface area contributed by atoms with Gasteiger partial charge in [-0.25, -0.2) is 0 Å². The van der Waals surface area contributed by atoms with E-state index in [1.807, 2.05) is 6.07 Å². The number of rotatable bonds is 6. The van der Waals surface area contributed by atoms with Crippen molar-refractivity contribution in [2.75, 3.05) is 7.11 Å². The predicted octanol–water partition coefficient (Wildman–Crippen LogP) is 5.42. The molecule has 0 saturated carbocycles. The number of para-hydroxylation sites is 1. The molecule has 0 atom stereocenters. The van der Waals surface area contributed by atoms with Crippen molar-refractivity contribution in [2.45, 2.75) is 33.5 Å². The van der Waals surface area contributed by atoms with Crippen LogP contribution in [0.5, 0.6) is 5.75 Å². The Hall–Kier alpha value is -2.78. The van der Waals surface area contributed by atoms with Gasteiger partial charge >= 0.3 is 0 Å². The predicted molar refractivity (Wildman–Crippen MR) is 113 cm³/mol. The lowest BCUT2D eigenvalue weighted by Gasteiger charge is -2.11. The number of hydrogen-bond donors (Lipinski definition) is 1. The van der Waals surface area contributed by atoms with E-state index in [9.17, 15) is 0 Å². The molecule has 0 amide bonds. The fraction of sp³-hybridized carbons (Fsp3) is 0.250. The van der Waals surface area contributed by atoms with Crippen LogP contribution in [-0.2, 0) is 19.6 Å². The number of methoxy groups -OCH3 is 1. The van der Waals surface area contributed by atoms with Gasteiger partial charge in [0.1, 0.15) is 5.75 Å². The van der Waals surface area contributed by atoms with E-state index >= 15 is 0 Å². The highest BCUT2D eigenvalue weighted by atomic mass is 16.5. The summed E-state index contributed by atoms with van der Waals surface area (Å²) in [4.78, 5) is 0. The van der Waals surface area contributed by atoms with E-state index in [0.29, 0.717) is 0 Å². The average Bonchev–Trinajstić information content (AvgIpc) is 3.01. The lowest BCUT2D eigenvalue weighted by atomic mass is 10.1. The first-order chi connectivity index (χ1) is 13.2. The molecule has 3 heteroatoms. The molecule has 1 N–H and O–H groups in total. The number of aromatic nitrogens is 1. The van der Waals surface area contributed by atoms with E-state index in [-0.39, 0.29) is 0 Å². The number of aryl methyl sites for hydroxylation is 2. The molecule has 0 aliphatic carbocycles. The van der Waals surface area contributed by atoms with Gasteiger partial charge in [0.2, 0.25) is 0 Å². The lowest BCUT2D eigenvalue weighted by Crippen LogP contribution is -2.13. The van der Waals surface area contributed by atoms with Gasteiger partial charge < -0.3 is 14.6 Å². The van der Waals surface area contributed by atoms with Gasteiger partial charge in [-0.3, -0.25) is 0 Å². The van der Waals surface area contributed by atoms with Gasteiger partial charge in [0.15, 0.2) is 0 Å². The highest BCUT2D eigenvalue weighted by Gasteiger charge is 2.10. The molecule has 1 aromatic heterocycles. The molecule has 0 saturated heterocycles. The van der Waals surface area contributed by atoms with Crippen LogP contribution < -0.4 is 10.1 Å². The molecular formula is C24H26N2O. The molecule has 0 spiro atoms. The van der Waals surface area contributed by atoms with Crippen molar-refractivity contribution in [1.82, 2.24) is 9.88 Å². The summed E-state index contributed by atoms with van der Waals surface area (Å²) in [6, 6.07) is 21.8. The van der Waals surface area contributed by atoms with Gasteiger partial charge in [-0.1, -0.05) is 42.0 Å². The first-order valence-electron chi connectivity index (χ1n) is 9.55. The summed E-state index contributed by atoms with van der Waals surface area (Å²) in [5, 5.41) is 6.23. The van der Waals surface area contributed by atoms with E-state index in [2.05, 4.69) is 78.3 Å². The first-order valence-corrected chi connectivity index (χ1v) is 9.55. The maximum Gasteiger partial charge on any atom is 0.123 e. The summed E-state index contributed by atoms with van der Waals surface area (Å²) in [5.74, 6) is 0.939. The maximum atomic E-state index is 5.48. The molecule has 3 aromatic carbocycles. The van der Waals surface area contributed by atoms with Gasteiger partial charge in [-0.2, -0.15) is 0 Å². The third kappa shape index (κ3) is 3.31. The standard InChI is InChI=1S/C24H26N2O/c1-4-26-22-8-6-5-7-20(22)21-14-18(10-11-23(21)26)15-25-16-19-13-17(2)9-12-24(19)27-3/h5-14,25H,4,15-16H2,1-3H3. The van der Waals surface area contributed by atoms with Gasteiger partial charge in [0.05, 0.1) is 7.11 Å². The Morgan fingerprint density at radius 2 is 1.70 bits per heavy atom. The first kappa shape index (κ1) is 17.6. The van der Waals surface area contributed by atoms with E-state index in [1.54, 1.807) is 7.11 Å². The van der Waals surface area contributed by atoms with Gasteiger partial charge in [-0.05, 0) is 43.7 Å². The lowest BCUT2D eigenvalue weighted by molar-refractivity contribution is 0.407. The minimum absolute atomic E-state index is 0.791. The van der Waals surface area contributed by atoms with E-state index in [4.69, 9.17) is 4.74 Å². The zero-order chi connectivity index (χ0) is 18.8. The van der Waals surface area contributed by atoms with Crippen molar-refractivity contribution in [3.63, 3.8) is 0 Å². The Morgan fingerprint density at radius 1 is 0.889 bits per heavy atom. The quantitative estimate of drug-likeness (QED) is 0.498. The zero-order valence-electron chi connectivity index (χ0n) is 16.3. The highest BCUT2D eigenvalue weighted by molar-refractivity contribution is 6.08. The number of hydrogen-bond acceptors (Lipinski definition) is 2. The second-order valence-corrected chi connectivity index (χ2v) is 7.03. The van der Waals surface area contributed by atoms with Crippen LogP contribution in [0.15, 0.2) is 60.7 Å². The Balaban J connectivity index is 1.58. The van der Waals surface area contributed by atoms with Crippen LogP contribution in [0.2, 0.25) is 0 Å². The second kappa shape index (κ2) is 7.45. The summed E-state index contributed by atoms with van der Waals surface area (Å²) in [7, 11) is 1.73. The highest BCUT2D eigenvalue weighted by Crippen LogP contribution is 2.29. The van der Waals surface area contributed by atoms with Gasteiger partial charge in [-0.15, -0.1) is 0 Å². The van der Waals surface area contributed by atoms with Crippen molar-refractivity contribution in [1.29, 1.82) is 0 Å². The molecule has 0 bridgehead atoms. The summed E-state index contributed by atoms with van der Waals surface area (Å²) >= 11 is 0. The second-order valence-electron chi connectivity index (χ2n) is 7.03. The molecule has 1 heterocycles. The maximum absolute atomic E-state index is 5.48. The van der Waals surface area contributed by atoms with Crippen molar-refractivity contribution < 1.29 is 4.74 Å². The average molecular weight is 358 g/mol. The summed E-state index contributed by atoms with van der Waals surface area (Å²) in [6.45, 7) is 6.92. The SMILES string of the molecule is CCn1c2ccccc2c2cc(CNCc3cc(C)ccc3OC)ccc21. The van der Waals surface area contributed by atoms with Crippen LogP contribution in [0.25, 0.3) is 21.8 Å².